The molecule has 4 nitrogen and oxygen atoms in total. The molecule has 0 amide bonds. The van der Waals surface area contributed by atoms with E-state index >= 15 is 0 Å². The van der Waals surface area contributed by atoms with Crippen molar-refractivity contribution in [2.75, 3.05) is 5.73 Å². The second-order valence-corrected chi connectivity index (χ2v) is 3.05. The summed E-state index contributed by atoms with van der Waals surface area (Å²) in [4.78, 5) is 11.4. The number of H-pyrrole nitrogens is 1. The third kappa shape index (κ3) is 1.35. The van der Waals surface area contributed by atoms with Crippen molar-refractivity contribution in [1.82, 2.24) is 15.0 Å². The van der Waals surface area contributed by atoms with Crippen molar-refractivity contribution in [2.24, 2.45) is 0 Å². The number of anilines is 1. The number of rotatable bonds is 2. The van der Waals surface area contributed by atoms with E-state index in [-0.39, 0.29) is 0 Å². The predicted octanol–water partition coefficient (Wildman–Crippen LogP) is 1.49. The van der Waals surface area contributed by atoms with Crippen LogP contribution in [0.3, 0.4) is 0 Å². The Kier molecular flexibility index (Phi) is 1.88. The Morgan fingerprint density at radius 1 is 1.54 bits per heavy atom. The van der Waals surface area contributed by atoms with Gasteiger partial charge >= 0.3 is 0 Å². The standard InChI is InChI=1S/C9H12N4/c1-2-3-6-4-7(10)8-9(13-6)12-5-11-8/h4-5H,2-3H2,1H3,(H3,10,11,12,13). The number of nitrogens with one attached hydrogen (secondary N) is 1. The second-order valence-electron chi connectivity index (χ2n) is 3.05. The summed E-state index contributed by atoms with van der Waals surface area (Å²) in [6.45, 7) is 2.12. The number of imidazole rings is 1. The Morgan fingerprint density at radius 2 is 2.38 bits per heavy atom. The van der Waals surface area contributed by atoms with Gasteiger partial charge < -0.3 is 10.7 Å². The molecule has 0 aliphatic heterocycles. The Hall–Kier alpha value is -1.58. The highest BCUT2D eigenvalue weighted by molar-refractivity contribution is 5.83. The molecule has 13 heavy (non-hydrogen) atoms. The van der Waals surface area contributed by atoms with Crippen molar-refractivity contribution in [3.63, 3.8) is 0 Å². The summed E-state index contributed by atoms with van der Waals surface area (Å²) in [5.74, 6) is 0. The van der Waals surface area contributed by atoms with Gasteiger partial charge in [-0.25, -0.2) is 9.97 Å². The molecule has 0 fully saturated rings. The highest BCUT2D eigenvalue weighted by Gasteiger charge is 2.03. The van der Waals surface area contributed by atoms with Crippen LogP contribution in [-0.2, 0) is 6.42 Å². The van der Waals surface area contributed by atoms with Gasteiger partial charge in [0.1, 0.15) is 5.52 Å². The molecule has 0 bridgehead atoms. The maximum atomic E-state index is 5.82. The first-order valence-electron chi connectivity index (χ1n) is 4.39. The van der Waals surface area contributed by atoms with Gasteiger partial charge in [-0.3, -0.25) is 0 Å². The first kappa shape index (κ1) is 8.04. The van der Waals surface area contributed by atoms with E-state index in [2.05, 4.69) is 21.9 Å². The van der Waals surface area contributed by atoms with E-state index in [1.54, 1.807) is 6.33 Å². The molecule has 4 heteroatoms. The van der Waals surface area contributed by atoms with Gasteiger partial charge in [-0.2, -0.15) is 0 Å². The molecule has 0 saturated heterocycles. The minimum absolute atomic E-state index is 0.712. The van der Waals surface area contributed by atoms with E-state index in [0.29, 0.717) is 5.65 Å². The van der Waals surface area contributed by atoms with Crippen LogP contribution in [0.15, 0.2) is 12.4 Å². The first-order chi connectivity index (χ1) is 6.31. The van der Waals surface area contributed by atoms with Crippen LogP contribution in [0.5, 0.6) is 0 Å². The van der Waals surface area contributed by atoms with Crippen LogP contribution in [0.25, 0.3) is 11.2 Å². The lowest BCUT2D eigenvalue weighted by Gasteiger charge is -2.00. The summed E-state index contributed by atoms with van der Waals surface area (Å²) < 4.78 is 0. The van der Waals surface area contributed by atoms with Crippen LogP contribution >= 0.6 is 0 Å². The van der Waals surface area contributed by atoms with Crippen LogP contribution in [0.1, 0.15) is 19.0 Å². The van der Waals surface area contributed by atoms with Gasteiger partial charge in [-0.05, 0) is 12.5 Å². The summed E-state index contributed by atoms with van der Waals surface area (Å²) >= 11 is 0. The van der Waals surface area contributed by atoms with Crippen LogP contribution < -0.4 is 5.73 Å². The van der Waals surface area contributed by atoms with Crippen LogP contribution in [0.2, 0.25) is 0 Å². The highest BCUT2D eigenvalue weighted by Crippen LogP contribution is 2.16. The molecule has 68 valence electrons. The summed E-state index contributed by atoms with van der Waals surface area (Å²) in [6.07, 6.45) is 3.64. The molecule has 0 saturated carbocycles. The van der Waals surface area contributed by atoms with E-state index in [1.165, 1.54) is 0 Å². The number of aryl methyl sites for hydroxylation is 1. The van der Waals surface area contributed by atoms with Gasteiger partial charge in [0.05, 0.1) is 12.0 Å². The van der Waals surface area contributed by atoms with E-state index in [4.69, 9.17) is 5.73 Å². The summed E-state index contributed by atoms with van der Waals surface area (Å²) in [5.41, 5.74) is 9.11. The number of hydrogen-bond acceptors (Lipinski definition) is 3. The number of aromatic nitrogens is 3. The zero-order valence-electron chi connectivity index (χ0n) is 7.54. The molecule has 0 radical (unpaired) electrons. The lowest BCUT2D eigenvalue weighted by Crippen LogP contribution is -1.94. The van der Waals surface area contributed by atoms with Crippen molar-refractivity contribution in [3.8, 4) is 0 Å². The number of fused-ring (bicyclic) bond motifs is 1. The minimum Gasteiger partial charge on any atom is -0.397 e. The maximum absolute atomic E-state index is 5.82. The number of aromatic amines is 1. The molecule has 2 aromatic heterocycles. The Morgan fingerprint density at radius 3 is 3.15 bits per heavy atom. The number of nitrogens with zero attached hydrogens (tertiary/aromatic N) is 2. The Labute approximate surface area is 76.2 Å². The van der Waals surface area contributed by atoms with Crippen LogP contribution in [-0.4, -0.2) is 15.0 Å². The third-order valence-electron chi connectivity index (χ3n) is 1.99. The average Bonchev–Trinajstić information content (AvgIpc) is 2.53. The monoisotopic (exact) mass is 176 g/mol. The van der Waals surface area contributed by atoms with E-state index in [1.807, 2.05) is 6.07 Å². The quantitative estimate of drug-likeness (QED) is 0.728. The molecule has 2 rings (SSSR count). The summed E-state index contributed by atoms with van der Waals surface area (Å²) in [5, 5.41) is 0. The molecule has 0 atom stereocenters. The molecule has 0 aliphatic carbocycles. The molecule has 0 aliphatic rings. The third-order valence-corrected chi connectivity index (χ3v) is 1.99. The van der Waals surface area contributed by atoms with Crippen molar-refractivity contribution in [1.29, 1.82) is 0 Å². The number of nitrogen functional groups attached to an aromatic ring is 1. The molecule has 0 aromatic carbocycles. The number of nitrogens with two attached hydrogens (primary N) is 1. The predicted molar refractivity (Wildman–Crippen MR) is 52.3 cm³/mol. The largest absolute Gasteiger partial charge is 0.397 e. The van der Waals surface area contributed by atoms with Gasteiger partial charge in [-0.1, -0.05) is 13.3 Å². The Balaban J connectivity index is 2.56. The smallest absolute Gasteiger partial charge is 0.179 e. The van der Waals surface area contributed by atoms with Crippen LogP contribution in [0.4, 0.5) is 5.69 Å². The zero-order valence-corrected chi connectivity index (χ0v) is 7.54. The van der Waals surface area contributed by atoms with Gasteiger partial charge in [-0.15, -0.1) is 0 Å². The fourth-order valence-electron chi connectivity index (χ4n) is 1.39. The van der Waals surface area contributed by atoms with Crippen molar-refractivity contribution < 1.29 is 0 Å². The molecule has 2 heterocycles. The summed E-state index contributed by atoms with van der Waals surface area (Å²) in [6, 6.07) is 1.91. The van der Waals surface area contributed by atoms with E-state index in [0.717, 1.165) is 29.7 Å². The van der Waals surface area contributed by atoms with Crippen molar-refractivity contribution in [3.05, 3.63) is 18.1 Å². The lowest BCUT2D eigenvalue weighted by molar-refractivity contribution is 0.888. The van der Waals surface area contributed by atoms with Gasteiger partial charge in [0.15, 0.2) is 5.65 Å². The van der Waals surface area contributed by atoms with E-state index in [9.17, 15) is 0 Å². The lowest BCUT2D eigenvalue weighted by atomic mass is 10.2. The topological polar surface area (TPSA) is 67.6 Å². The molecule has 0 spiro atoms. The highest BCUT2D eigenvalue weighted by atomic mass is 15.0. The van der Waals surface area contributed by atoms with Crippen molar-refractivity contribution >= 4 is 16.9 Å². The fraction of sp³-hybridized carbons (Fsp3) is 0.333. The van der Waals surface area contributed by atoms with Crippen LogP contribution in [0, 0.1) is 0 Å². The molecular weight excluding hydrogens is 164 g/mol. The van der Waals surface area contributed by atoms with E-state index < -0.39 is 0 Å². The SMILES string of the molecule is CCCc1cc(N)c2[nH]cnc2n1. The number of pyridine rings is 1. The average molecular weight is 176 g/mol. The van der Waals surface area contributed by atoms with Gasteiger partial charge in [0, 0.05) is 5.69 Å². The minimum atomic E-state index is 0.712. The fourth-order valence-corrected chi connectivity index (χ4v) is 1.39. The summed E-state index contributed by atoms with van der Waals surface area (Å²) in [7, 11) is 0. The number of hydrogen-bond donors (Lipinski definition) is 2. The maximum Gasteiger partial charge on any atom is 0.179 e. The van der Waals surface area contributed by atoms with Gasteiger partial charge in [0.2, 0.25) is 0 Å². The first-order valence-corrected chi connectivity index (χ1v) is 4.39. The molecular formula is C9H12N4. The Bertz CT molecular complexity index is 418. The van der Waals surface area contributed by atoms with Gasteiger partial charge in [0.25, 0.3) is 0 Å². The van der Waals surface area contributed by atoms with Crippen molar-refractivity contribution in [2.45, 2.75) is 19.8 Å². The molecule has 3 N–H and O–H groups in total. The zero-order chi connectivity index (χ0) is 9.26. The normalized spacial score (nSPS) is 10.8. The second kappa shape index (κ2) is 3.05. The molecule has 2 aromatic rings. The molecule has 0 unspecified atom stereocenters.